The average Bonchev–Trinajstić information content (AvgIpc) is 2.67. The van der Waals surface area contributed by atoms with E-state index in [4.69, 9.17) is 4.74 Å². The van der Waals surface area contributed by atoms with Crippen LogP contribution in [0.4, 0.5) is 5.69 Å². The number of carbonyl (C=O) groups is 2. The van der Waals surface area contributed by atoms with Crippen molar-refractivity contribution in [2.75, 3.05) is 19.0 Å². The zero-order valence-electron chi connectivity index (χ0n) is 15.5. The standard InChI is InChI=1S/C19H21BrN2O5S/c1-13-11-15(20)6-9-17(13)22-18(23)12-27-19(24)10-5-14-3-7-16(8-4-14)28(25,26)21-2/h3-4,6-9,11,21H,5,10,12H2,1-2H3,(H,22,23). The topological polar surface area (TPSA) is 102 Å². The van der Waals surface area contributed by atoms with Gasteiger partial charge in [0.1, 0.15) is 0 Å². The number of rotatable bonds is 8. The van der Waals surface area contributed by atoms with Gasteiger partial charge in [0.05, 0.1) is 4.90 Å². The van der Waals surface area contributed by atoms with Gasteiger partial charge in [0, 0.05) is 16.6 Å². The summed E-state index contributed by atoms with van der Waals surface area (Å²) in [6, 6.07) is 11.7. The summed E-state index contributed by atoms with van der Waals surface area (Å²) < 4.78 is 31.5. The molecule has 0 unspecified atom stereocenters. The molecule has 28 heavy (non-hydrogen) atoms. The van der Waals surface area contributed by atoms with Crippen molar-refractivity contribution in [3.8, 4) is 0 Å². The fourth-order valence-corrected chi connectivity index (χ4v) is 3.58. The molecule has 7 nitrogen and oxygen atoms in total. The maximum atomic E-state index is 11.9. The number of halogens is 1. The lowest BCUT2D eigenvalue weighted by Gasteiger charge is -2.09. The van der Waals surface area contributed by atoms with Crippen molar-refractivity contribution in [3.05, 3.63) is 58.1 Å². The summed E-state index contributed by atoms with van der Waals surface area (Å²) >= 11 is 3.35. The zero-order chi connectivity index (χ0) is 20.7. The second-order valence-electron chi connectivity index (χ2n) is 6.02. The van der Waals surface area contributed by atoms with Gasteiger partial charge in [-0.25, -0.2) is 13.1 Å². The van der Waals surface area contributed by atoms with Crippen LogP contribution >= 0.6 is 15.9 Å². The van der Waals surface area contributed by atoms with Crippen molar-refractivity contribution in [2.24, 2.45) is 0 Å². The van der Waals surface area contributed by atoms with Crippen LogP contribution < -0.4 is 10.0 Å². The molecule has 0 aliphatic carbocycles. The van der Waals surface area contributed by atoms with Gasteiger partial charge in [-0.2, -0.15) is 0 Å². The van der Waals surface area contributed by atoms with Gasteiger partial charge in [0.2, 0.25) is 10.0 Å². The minimum absolute atomic E-state index is 0.0860. The molecular weight excluding hydrogens is 448 g/mol. The molecule has 0 radical (unpaired) electrons. The van der Waals surface area contributed by atoms with Gasteiger partial charge in [0.15, 0.2) is 6.61 Å². The number of aryl methyl sites for hydroxylation is 2. The molecule has 0 bridgehead atoms. The Bertz CT molecular complexity index is 959. The number of anilines is 1. The molecular formula is C19H21BrN2O5S. The monoisotopic (exact) mass is 468 g/mol. The van der Waals surface area contributed by atoms with Crippen LogP contribution in [0, 0.1) is 6.92 Å². The Kier molecular flexibility index (Phi) is 7.73. The van der Waals surface area contributed by atoms with Gasteiger partial charge in [-0.1, -0.05) is 28.1 Å². The molecule has 0 spiro atoms. The first-order valence-corrected chi connectivity index (χ1v) is 10.7. The molecule has 0 saturated heterocycles. The minimum atomic E-state index is -3.48. The molecule has 0 atom stereocenters. The Hall–Kier alpha value is -2.23. The number of hydrogen-bond donors (Lipinski definition) is 2. The van der Waals surface area contributed by atoms with Crippen LogP contribution in [0.1, 0.15) is 17.5 Å². The van der Waals surface area contributed by atoms with Crippen molar-refractivity contribution >= 4 is 43.5 Å². The Morgan fingerprint density at radius 1 is 1.11 bits per heavy atom. The number of sulfonamides is 1. The molecule has 0 heterocycles. The number of ether oxygens (including phenoxy) is 1. The largest absolute Gasteiger partial charge is 0.456 e. The Morgan fingerprint density at radius 3 is 2.39 bits per heavy atom. The summed E-state index contributed by atoms with van der Waals surface area (Å²) in [5, 5.41) is 2.69. The maximum Gasteiger partial charge on any atom is 0.306 e. The summed E-state index contributed by atoms with van der Waals surface area (Å²) in [4.78, 5) is 23.9. The highest BCUT2D eigenvalue weighted by molar-refractivity contribution is 9.10. The van der Waals surface area contributed by atoms with Gasteiger partial charge in [-0.05, 0) is 61.9 Å². The smallest absolute Gasteiger partial charge is 0.306 e. The number of carbonyl (C=O) groups excluding carboxylic acids is 2. The molecule has 2 rings (SSSR count). The third-order valence-corrected chi connectivity index (χ3v) is 5.87. The van der Waals surface area contributed by atoms with E-state index < -0.39 is 21.9 Å². The predicted octanol–water partition coefficient (Wildman–Crippen LogP) is 2.78. The number of amides is 1. The minimum Gasteiger partial charge on any atom is -0.456 e. The van der Waals surface area contributed by atoms with Crippen molar-refractivity contribution < 1.29 is 22.7 Å². The van der Waals surface area contributed by atoms with Crippen LogP contribution in [0.3, 0.4) is 0 Å². The average molecular weight is 469 g/mol. The molecule has 1 amide bonds. The molecule has 0 saturated carbocycles. The summed E-state index contributed by atoms with van der Waals surface area (Å²) in [6.07, 6.45) is 0.467. The summed E-state index contributed by atoms with van der Waals surface area (Å²) in [5.74, 6) is -0.921. The molecule has 2 aromatic rings. The Morgan fingerprint density at radius 2 is 1.79 bits per heavy atom. The first-order valence-electron chi connectivity index (χ1n) is 8.45. The van der Waals surface area contributed by atoms with E-state index in [1.165, 1.54) is 19.2 Å². The fraction of sp³-hybridized carbons (Fsp3) is 0.263. The summed E-state index contributed by atoms with van der Waals surface area (Å²) in [6.45, 7) is 1.49. The summed E-state index contributed by atoms with van der Waals surface area (Å²) in [5.41, 5.74) is 2.33. The van der Waals surface area contributed by atoms with E-state index in [0.717, 1.165) is 15.6 Å². The zero-order valence-corrected chi connectivity index (χ0v) is 17.9. The molecule has 2 N–H and O–H groups in total. The third kappa shape index (κ3) is 6.43. The lowest BCUT2D eigenvalue weighted by Crippen LogP contribution is -2.21. The highest BCUT2D eigenvalue weighted by Crippen LogP contribution is 2.20. The van der Waals surface area contributed by atoms with Crippen molar-refractivity contribution in [1.82, 2.24) is 4.72 Å². The molecule has 0 aliphatic rings. The number of benzene rings is 2. The highest BCUT2D eigenvalue weighted by Gasteiger charge is 2.12. The molecule has 0 aromatic heterocycles. The first kappa shape index (κ1) is 22.1. The van der Waals surface area contributed by atoms with Crippen LogP contribution in [0.15, 0.2) is 51.8 Å². The highest BCUT2D eigenvalue weighted by atomic mass is 79.9. The van der Waals surface area contributed by atoms with E-state index in [0.29, 0.717) is 12.1 Å². The van der Waals surface area contributed by atoms with E-state index in [-0.39, 0.29) is 17.9 Å². The van der Waals surface area contributed by atoms with Crippen molar-refractivity contribution in [3.63, 3.8) is 0 Å². The first-order chi connectivity index (χ1) is 13.2. The Labute approximate surface area is 172 Å². The maximum absolute atomic E-state index is 11.9. The van der Waals surface area contributed by atoms with E-state index in [1.54, 1.807) is 18.2 Å². The Balaban J connectivity index is 1.78. The van der Waals surface area contributed by atoms with Gasteiger partial charge in [0.25, 0.3) is 5.91 Å². The van der Waals surface area contributed by atoms with Gasteiger partial charge in [-0.3, -0.25) is 9.59 Å². The van der Waals surface area contributed by atoms with Crippen LogP contribution in [0.5, 0.6) is 0 Å². The SMILES string of the molecule is CNS(=O)(=O)c1ccc(CCC(=O)OCC(=O)Nc2ccc(Br)cc2C)cc1. The van der Waals surface area contributed by atoms with Crippen molar-refractivity contribution in [2.45, 2.75) is 24.7 Å². The van der Waals surface area contributed by atoms with Gasteiger partial charge < -0.3 is 10.1 Å². The third-order valence-electron chi connectivity index (χ3n) is 3.95. The molecule has 150 valence electrons. The molecule has 2 aromatic carbocycles. The second-order valence-corrected chi connectivity index (χ2v) is 8.82. The predicted molar refractivity (Wildman–Crippen MR) is 109 cm³/mol. The number of nitrogens with one attached hydrogen (secondary N) is 2. The quantitative estimate of drug-likeness (QED) is 0.579. The molecule has 0 aliphatic heterocycles. The van der Waals surface area contributed by atoms with Crippen LogP contribution in [-0.2, 0) is 30.8 Å². The van der Waals surface area contributed by atoms with Crippen LogP contribution in [0.2, 0.25) is 0 Å². The van der Waals surface area contributed by atoms with Crippen LogP contribution in [0.25, 0.3) is 0 Å². The lowest BCUT2D eigenvalue weighted by atomic mass is 10.1. The second kappa shape index (κ2) is 9.81. The van der Waals surface area contributed by atoms with Crippen molar-refractivity contribution in [1.29, 1.82) is 0 Å². The number of hydrogen-bond acceptors (Lipinski definition) is 5. The van der Waals surface area contributed by atoms with E-state index in [1.807, 2.05) is 19.1 Å². The molecule has 9 heteroatoms. The van der Waals surface area contributed by atoms with Crippen LogP contribution in [-0.4, -0.2) is 33.9 Å². The van der Waals surface area contributed by atoms with E-state index in [2.05, 4.69) is 26.0 Å². The van der Waals surface area contributed by atoms with E-state index >= 15 is 0 Å². The molecule has 0 fully saturated rings. The van der Waals surface area contributed by atoms with E-state index in [9.17, 15) is 18.0 Å². The lowest BCUT2D eigenvalue weighted by molar-refractivity contribution is -0.147. The van der Waals surface area contributed by atoms with Gasteiger partial charge in [-0.15, -0.1) is 0 Å². The van der Waals surface area contributed by atoms with Gasteiger partial charge >= 0.3 is 5.97 Å². The summed E-state index contributed by atoms with van der Waals surface area (Å²) in [7, 11) is -2.14. The fourth-order valence-electron chi connectivity index (χ4n) is 2.37. The number of esters is 1. The normalized spacial score (nSPS) is 11.1.